The average Bonchev–Trinajstić information content (AvgIpc) is 3.30. The predicted octanol–water partition coefficient (Wildman–Crippen LogP) is 2.84. The summed E-state index contributed by atoms with van der Waals surface area (Å²) in [6, 6.07) is 16.5. The highest BCUT2D eigenvalue weighted by molar-refractivity contribution is 6.00. The summed E-state index contributed by atoms with van der Waals surface area (Å²) in [5.41, 5.74) is 1.84. The van der Waals surface area contributed by atoms with E-state index in [2.05, 4.69) is 24.3 Å². The van der Waals surface area contributed by atoms with Crippen molar-refractivity contribution in [1.82, 2.24) is 0 Å². The lowest BCUT2D eigenvalue weighted by atomic mass is 9.84. The van der Waals surface area contributed by atoms with Gasteiger partial charge in [-0.1, -0.05) is 36.4 Å². The van der Waals surface area contributed by atoms with Crippen molar-refractivity contribution in [2.45, 2.75) is 24.4 Å². The smallest absolute Gasteiger partial charge is 0.118 e. The molecule has 3 nitrogen and oxygen atoms in total. The second-order valence-corrected chi connectivity index (χ2v) is 5.95. The minimum Gasteiger partial charge on any atom is -0.387 e. The van der Waals surface area contributed by atoms with E-state index in [1.807, 2.05) is 24.3 Å². The largest absolute Gasteiger partial charge is 0.387 e. The first-order valence-electron chi connectivity index (χ1n) is 7.21. The van der Waals surface area contributed by atoms with Crippen molar-refractivity contribution < 1.29 is 14.9 Å². The summed E-state index contributed by atoms with van der Waals surface area (Å²) in [6.07, 6.45) is -2.02. The third-order valence-electron chi connectivity index (χ3n) is 4.75. The fourth-order valence-corrected chi connectivity index (χ4v) is 3.61. The van der Waals surface area contributed by atoms with E-state index in [1.54, 1.807) is 0 Å². The lowest BCUT2D eigenvalue weighted by molar-refractivity contribution is 0.000106. The maximum Gasteiger partial charge on any atom is 0.118 e. The normalized spacial score (nSPS) is 30.2. The van der Waals surface area contributed by atoms with Crippen molar-refractivity contribution in [3.8, 4) is 0 Å². The zero-order valence-corrected chi connectivity index (χ0v) is 11.2. The zero-order valence-electron chi connectivity index (χ0n) is 11.2. The monoisotopic (exact) mass is 278 g/mol. The summed E-state index contributed by atoms with van der Waals surface area (Å²) in [4.78, 5) is 0. The van der Waals surface area contributed by atoms with E-state index in [9.17, 15) is 10.2 Å². The summed E-state index contributed by atoms with van der Waals surface area (Å²) in [6.45, 7) is 0. The SMILES string of the molecule is O[C@H]1[C@H]2O[C@H]2c2c(ccc3cc4ccccc4cc23)[C@@H]1O. The van der Waals surface area contributed by atoms with Crippen LogP contribution < -0.4 is 0 Å². The summed E-state index contributed by atoms with van der Waals surface area (Å²) < 4.78 is 5.60. The number of benzene rings is 3. The molecule has 5 rings (SSSR count). The summed E-state index contributed by atoms with van der Waals surface area (Å²) >= 11 is 0. The molecule has 4 atom stereocenters. The second-order valence-electron chi connectivity index (χ2n) is 5.95. The Morgan fingerprint density at radius 1 is 0.857 bits per heavy atom. The van der Waals surface area contributed by atoms with Gasteiger partial charge in [-0.3, -0.25) is 0 Å². The van der Waals surface area contributed by atoms with Crippen LogP contribution in [0.1, 0.15) is 23.3 Å². The van der Waals surface area contributed by atoms with Crippen LogP contribution in [0, 0.1) is 0 Å². The van der Waals surface area contributed by atoms with E-state index in [0.717, 1.165) is 21.9 Å². The van der Waals surface area contributed by atoms with Crippen LogP contribution in [0.15, 0.2) is 48.5 Å². The van der Waals surface area contributed by atoms with Gasteiger partial charge in [-0.25, -0.2) is 0 Å². The summed E-state index contributed by atoms with van der Waals surface area (Å²) in [7, 11) is 0. The number of aliphatic hydroxyl groups excluding tert-OH is 2. The molecule has 0 aromatic heterocycles. The fourth-order valence-electron chi connectivity index (χ4n) is 3.61. The molecule has 0 saturated carbocycles. The van der Waals surface area contributed by atoms with Crippen LogP contribution in [-0.4, -0.2) is 22.4 Å². The molecule has 1 fully saturated rings. The lowest BCUT2D eigenvalue weighted by Crippen LogP contribution is -2.29. The van der Waals surface area contributed by atoms with Gasteiger partial charge in [0.05, 0.1) is 0 Å². The van der Waals surface area contributed by atoms with Gasteiger partial charge in [0, 0.05) is 0 Å². The molecule has 0 spiro atoms. The van der Waals surface area contributed by atoms with Crippen LogP contribution >= 0.6 is 0 Å². The number of epoxide rings is 1. The summed E-state index contributed by atoms with van der Waals surface area (Å²) in [5, 5.41) is 24.9. The molecule has 2 aliphatic rings. The molecule has 2 N–H and O–H groups in total. The molecule has 1 heterocycles. The first kappa shape index (κ1) is 11.7. The predicted molar refractivity (Wildman–Crippen MR) is 80.0 cm³/mol. The molecular weight excluding hydrogens is 264 g/mol. The van der Waals surface area contributed by atoms with Crippen LogP contribution in [0.3, 0.4) is 0 Å². The Kier molecular flexibility index (Phi) is 2.13. The number of fused-ring (bicyclic) bond motifs is 6. The topological polar surface area (TPSA) is 53.0 Å². The van der Waals surface area contributed by atoms with Crippen LogP contribution in [0.5, 0.6) is 0 Å². The molecule has 1 aliphatic carbocycles. The quantitative estimate of drug-likeness (QED) is 0.491. The highest BCUT2D eigenvalue weighted by atomic mass is 16.6. The average molecular weight is 278 g/mol. The standard InChI is InChI=1S/C18H14O3/c19-15-12-6-5-11-7-9-3-1-2-4-10(9)8-13(11)14(12)17-18(21-17)16(15)20/h1-8,15-20H/t15-,16+,17-,18+/m0/s1. The van der Waals surface area contributed by atoms with Crippen LogP contribution in [0.2, 0.25) is 0 Å². The van der Waals surface area contributed by atoms with E-state index in [0.29, 0.717) is 0 Å². The van der Waals surface area contributed by atoms with Gasteiger partial charge in [-0.15, -0.1) is 0 Å². The van der Waals surface area contributed by atoms with E-state index >= 15 is 0 Å². The first-order valence-corrected chi connectivity index (χ1v) is 7.21. The number of hydrogen-bond donors (Lipinski definition) is 2. The van der Waals surface area contributed by atoms with Crippen molar-refractivity contribution in [2.24, 2.45) is 0 Å². The van der Waals surface area contributed by atoms with Crippen molar-refractivity contribution in [3.63, 3.8) is 0 Å². The van der Waals surface area contributed by atoms with Gasteiger partial charge in [0.1, 0.15) is 24.4 Å². The molecule has 0 amide bonds. The molecule has 3 aromatic carbocycles. The highest BCUT2D eigenvalue weighted by Crippen LogP contribution is 2.53. The third kappa shape index (κ3) is 1.48. The minimum absolute atomic E-state index is 0.0803. The van der Waals surface area contributed by atoms with Gasteiger partial charge in [-0.05, 0) is 44.8 Å². The minimum atomic E-state index is -0.861. The maximum absolute atomic E-state index is 10.3. The van der Waals surface area contributed by atoms with Gasteiger partial charge >= 0.3 is 0 Å². The van der Waals surface area contributed by atoms with Crippen molar-refractivity contribution in [3.05, 3.63) is 59.7 Å². The van der Waals surface area contributed by atoms with Gasteiger partial charge in [0.25, 0.3) is 0 Å². The Hall–Kier alpha value is -1.94. The molecule has 21 heavy (non-hydrogen) atoms. The number of rotatable bonds is 0. The van der Waals surface area contributed by atoms with Gasteiger partial charge in [0.2, 0.25) is 0 Å². The Labute approximate surface area is 121 Å². The van der Waals surface area contributed by atoms with E-state index in [-0.39, 0.29) is 12.2 Å². The van der Waals surface area contributed by atoms with Crippen LogP contribution in [0.25, 0.3) is 21.5 Å². The Morgan fingerprint density at radius 3 is 2.43 bits per heavy atom. The molecule has 1 saturated heterocycles. The molecule has 0 radical (unpaired) electrons. The van der Waals surface area contributed by atoms with Crippen molar-refractivity contribution in [2.75, 3.05) is 0 Å². The van der Waals surface area contributed by atoms with Crippen molar-refractivity contribution >= 4 is 21.5 Å². The van der Waals surface area contributed by atoms with E-state index in [1.165, 1.54) is 10.8 Å². The van der Waals surface area contributed by atoms with Crippen LogP contribution in [-0.2, 0) is 4.74 Å². The maximum atomic E-state index is 10.3. The summed E-state index contributed by atoms with van der Waals surface area (Å²) in [5.74, 6) is 0. The van der Waals surface area contributed by atoms with Gasteiger partial charge in [0.15, 0.2) is 0 Å². The molecule has 0 bridgehead atoms. The molecule has 1 aliphatic heterocycles. The lowest BCUT2D eigenvalue weighted by Gasteiger charge is -2.24. The third-order valence-corrected chi connectivity index (χ3v) is 4.75. The molecule has 3 heteroatoms. The zero-order chi connectivity index (χ0) is 14.1. The van der Waals surface area contributed by atoms with Gasteiger partial charge in [-0.2, -0.15) is 0 Å². The number of ether oxygens (including phenoxy) is 1. The molecular formula is C18H14O3. The molecule has 3 aromatic rings. The van der Waals surface area contributed by atoms with E-state index < -0.39 is 12.2 Å². The first-order chi connectivity index (χ1) is 10.2. The molecule has 0 unspecified atom stereocenters. The Bertz CT molecular complexity index is 886. The fraction of sp³-hybridized carbons (Fsp3) is 0.222. The number of hydrogen-bond acceptors (Lipinski definition) is 3. The number of aliphatic hydroxyl groups is 2. The highest BCUT2D eigenvalue weighted by Gasteiger charge is 2.54. The Morgan fingerprint density at radius 2 is 1.62 bits per heavy atom. The Balaban J connectivity index is 1.87. The van der Waals surface area contributed by atoms with Crippen LogP contribution in [0.4, 0.5) is 0 Å². The second kappa shape index (κ2) is 3.83. The molecule has 104 valence electrons. The van der Waals surface area contributed by atoms with E-state index in [4.69, 9.17) is 4.74 Å². The van der Waals surface area contributed by atoms with Crippen molar-refractivity contribution in [1.29, 1.82) is 0 Å². The van der Waals surface area contributed by atoms with Gasteiger partial charge < -0.3 is 14.9 Å².